The van der Waals surface area contributed by atoms with Gasteiger partial charge >= 0.3 is 107 Å². The first-order valence-electron chi connectivity index (χ1n) is 5.39. The molecule has 88 valence electrons. The van der Waals surface area contributed by atoms with Crippen molar-refractivity contribution in [3.05, 3.63) is 53.6 Å². The summed E-state index contributed by atoms with van der Waals surface area (Å²) in [6, 6.07) is 10.0. The topological polar surface area (TPSA) is 58.0 Å². The van der Waals surface area contributed by atoms with Gasteiger partial charge in [-0.2, -0.15) is 0 Å². The first-order chi connectivity index (χ1) is 8.29. The number of hydrogen-bond acceptors (Lipinski definition) is 2. The van der Waals surface area contributed by atoms with E-state index in [4.69, 9.17) is 10.3 Å². The molecule has 1 fully saturated rings. The predicted octanol–water partition coefficient (Wildman–Crippen LogP) is 1.85. The van der Waals surface area contributed by atoms with E-state index in [2.05, 4.69) is 22.2 Å². The Labute approximate surface area is 107 Å². The van der Waals surface area contributed by atoms with E-state index in [9.17, 15) is 0 Å². The van der Waals surface area contributed by atoms with Crippen molar-refractivity contribution in [1.29, 1.82) is 0 Å². The van der Waals surface area contributed by atoms with Crippen LogP contribution in [0, 0.1) is 12.8 Å². The quantitative estimate of drug-likeness (QED) is 0.363. The zero-order valence-electron chi connectivity index (χ0n) is 9.43. The van der Waals surface area contributed by atoms with Gasteiger partial charge in [-0.1, -0.05) is 0 Å². The van der Waals surface area contributed by atoms with Crippen LogP contribution in [-0.4, -0.2) is 32.1 Å². The van der Waals surface area contributed by atoms with Crippen molar-refractivity contribution in [3.8, 4) is 0 Å². The molecule has 0 bridgehead atoms. The van der Waals surface area contributed by atoms with Gasteiger partial charge in [-0.25, -0.2) is 0 Å². The fraction of sp³-hybridized carbons (Fsp3) is 0.333. The molecule has 2 rings (SSSR count). The molecule has 1 aliphatic rings. The Kier molecular flexibility index (Phi) is 4.46. The molecular formula is C12H13N3OSe. The molecule has 1 aromatic rings. The number of benzene rings is 1. The van der Waals surface area contributed by atoms with Gasteiger partial charge in [0.25, 0.3) is 0 Å². The molecule has 2 radical (unpaired) electrons. The maximum absolute atomic E-state index is 8.54. The van der Waals surface area contributed by atoms with Crippen molar-refractivity contribution in [2.45, 2.75) is 24.1 Å². The molecule has 0 aliphatic carbocycles. The monoisotopic (exact) mass is 295 g/mol. The van der Waals surface area contributed by atoms with Crippen molar-refractivity contribution in [3.63, 3.8) is 0 Å². The van der Waals surface area contributed by atoms with Crippen LogP contribution in [0.15, 0.2) is 35.4 Å². The van der Waals surface area contributed by atoms with E-state index in [0.29, 0.717) is 0 Å². The second kappa shape index (κ2) is 6.08. The summed E-state index contributed by atoms with van der Waals surface area (Å²) in [6.07, 6.45) is 3.98. The van der Waals surface area contributed by atoms with Gasteiger partial charge in [0.15, 0.2) is 0 Å². The molecule has 0 unspecified atom stereocenters. The van der Waals surface area contributed by atoms with Gasteiger partial charge in [-0.05, 0) is 0 Å². The molecule has 1 aliphatic heterocycles. The standard InChI is InChI=1S/C12H13N3OSe/c1-9-7-8-11(14-15-13)12(16-9)17-10-5-3-2-4-6-10/h2-9,11-12H,1H3/t9-,11-,12-/m0/s1. The normalized spacial score (nSPS) is 28.4. The Morgan fingerprint density at radius 3 is 2.76 bits per heavy atom. The van der Waals surface area contributed by atoms with Crippen molar-refractivity contribution in [2.24, 2.45) is 5.11 Å². The Hall–Kier alpha value is -0.991. The molecule has 0 amide bonds. The van der Waals surface area contributed by atoms with Crippen LogP contribution in [0.5, 0.6) is 0 Å². The summed E-state index contributed by atoms with van der Waals surface area (Å²) in [6.45, 7) is 2.00. The summed E-state index contributed by atoms with van der Waals surface area (Å²) < 4.78 is 7.09. The maximum atomic E-state index is 8.54. The van der Waals surface area contributed by atoms with Crippen molar-refractivity contribution >= 4 is 19.4 Å². The van der Waals surface area contributed by atoms with Gasteiger partial charge in [0.2, 0.25) is 0 Å². The average molecular weight is 294 g/mol. The molecule has 4 nitrogen and oxygen atoms in total. The number of rotatable bonds is 3. The van der Waals surface area contributed by atoms with Crippen LogP contribution in [-0.2, 0) is 4.74 Å². The number of azide groups is 1. The van der Waals surface area contributed by atoms with Crippen LogP contribution < -0.4 is 4.46 Å². The third-order valence-corrected chi connectivity index (χ3v) is 4.83. The van der Waals surface area contributed by atoms with E-state index >= 15 is 0 Å². The van der Waals surface area contributed by atoms with Crippen molar-refractivity contribution < 1.29 is 4.74 Å². The molecule has 1 heterocycles. The predicted molar refractivity (Wildman–Crippen MR) is 67.7 cm³/mol. The second-order valence-corrected chi connectivity index (χ2v) is 6.18. The molecule has 0 spiro atoms. The van der Waals surface area contributed by atoms with E-state index in [1.807, 2.05) is 38.0 Å². The fourth-order valence-electron chi connectivity index (χ4n) is 1.58. The SMILES string of the molecule is C[C@H]1[CH][CH][C@H](N=[N+]=[N-])[C@H]([Se]c2ccccc2)O1. The third kappa shape index (κ3) is 3.48. The minimum atomic E-state index is -0.184. The summed E-state index contributed by atoms with van der Waals surface area (Å²) in [5, 5.41) is 3.77. The summed E-state index contributed by atoms with van der Waals surface area (Å²) in [5.41, 5.74) is 8.54. The van der Waals surface area contributed by atoms with Gasteiger partial charge in [0.05, 0.1) is 0 Å². The summed E-state index contributed by atoms with van der Waals surface area (Å²) >= 11 is 0.152. The molecular weight excluding hydrogens is 281 g/mol. The molecule has 17 heavy (non-hydrogen) atoms. The fourth-order valence-corrected chi connectivity index (χ4v) is 3.89. The van der Waals surface area contributed by atoms with Crippen molar-refractivity contribution in [1.82, 2.24) is 0 Å². The Morgan fingerprint density at radius 2 is 2.06 bits per heavy atom. The molecule has 3 atom stereocenters. The molecule has 0 aromatic heterocycles. The van der Waals surface area contributed by atoms with Gasteiger partial charge in [-0.3, -0.25) is 0 Å². The molecule has 0 N–H and O–H groups in total. The molecule has 1 aromatic carbocycles. The first-order valence-corrected chi connectivity index (χ1v) is 7.24. The van der Waals surface area contributed by atoms with Crippen LogP contribution in [0.25, 0.3) is 10.4 Å². The second-order valence-electron chi connectivity index (χ2n) is 3.72. The van der Waals surface area contributed by atoms with Crippen molar-refractivity contribution in [2.75, 3.05) is 0 Å². The van der Waals surface area contributed by atoms with Crippen LogP contribution in [0.4, 0.5) is 0 Å². The van der Waals surface area contributed by atoms with Crippen LogP contribution in [0.1, 0.15) is 6.92 Å². The van der Waals surface area contributed by atoms with Gasteiger partial charge in [0, 0.05) is 0 Å². The Morgan fingerprint density at radius 1 is 1.29 bits per heavy atom. The Bertz CT molecular complexity index is 405. The first kappa shape index (κ1) is 12.5. The molecule has 5 heteroatoms. The zero-order chi connectivity index (χ0) is 12.1. The van der Waals surface area contributed by atoms with E-state index in [1.165, 1.54) is 4.46 Å². The summed E-state index contributed by atoms with van der Waals surface area (Å²) in [4.78, 5) is 2.88. The number of nitrogens with zero attached hydrogens (tertiary/aromatic N) is 3. The third-order valence-electron chi connectivity index (χ3n) is 2.39. The minimum absolute atomic E-state index is 0.0131. The Balaban J connectivity index is 2.07. The van der Waals surface area contributed by atoms with Gasteiger partial charge in [-0.15, -0.1) is 0 Å². The van der Waals surface area contributed by atoms with E-state index in [1.54, 1.807) is 0 Å². The van der Waals surface area contributed by atoms with Crippen LogP contribution in [0.3, 0.4) is 0 Å². The van der Waals surface area contributed by atoms with E-state index in [-0.39, 0.29) is 32.1 Å². The van der Waals surface area contributed by atoms with Crippen LogP contribution in [0.2, 0.25) is 0 Å². The van der Waals surface area contributed by atoms with Gasteiger partial charge < -0.3 is 0 Å². The molecule has 0 saturated carbocycles. The van der Waals surface area contributed by atoms with E-state index in [0.717, 1.165) is 0 Å². The zero-order valence-corrected chi connectivity index (χ0v) is 11.1. The summed E-state index contributed by atoms with van der Waals surface area (Å²) in [5.74, 6) is 0. The average Bonchev–Trinajstić information content (AvgIpc) is 2.34. The molecule has 1 saturated heterocycles. The number of ether oxygens (including phenoxy) is 1. The number of hydrogen-bond donors (Lipinski definition) is 0. The van der Waals surface area contributed by atoms with Crippen LogP contribution >= 0.6 is 0 Å². The van der Waals surface area contributed by atoms with E-state index < -0.39 is 0 Å². The van der Waals surface area contributed by atoms with Gasteiger partial charge in [0.1, 0.15) is 0 Å². The summed E-state index contributed by atoms with van der Waals surface area (Å²) in [7, 11) is 0.